The number of carboxylic acids is 1. The molecule has 0 bridgehead atoms. The van der Waals surface area contributed by atoms with Crippen LogP contribution < -0.4 is 0 Å². The zero-order valence-electron chi connectivity index (χ0n) is 7.36. The molecule has 1 unspecified atom stereocenters. The summed E-state index contributed by atoms with van der Waals surface area (Å²) in [6, 6.07) is -0.698. The molecule has 0 aromatic heterocycles. The van der Waals surface area contributed by atoms with Crippen molar-refractivity contribution in [3.8, 4) is 0 Å². The molecule has 0 aromatic carbocycles. The summed E-state index contributed by atoms with van der Waals surface area (Å²) in [4.78, 5) is 23.4. The van der Waals surface area contributed by atoms with E-state index in [0.29, 0.717) is 13.0 Å². The van der Waals surface area contributed by atoms with Crippen LogP contribution in [0.4, 0.5) is 0 Å². The molecule has 0 aromatic rings. The predicted molar refractivity (Wildman–Crippen MR) is 50.7 cm³/mol. The molecule has 0 radical (unpaired) electrons. The minimum absolute atomic E-state index is 0.0562. The minimum atomic E-state index is -0.941. The Kier molecular flexibility index (Phi) is 3.30. The predicted octanol–water partition coefficient (Wildman–Crippen LogP) is 0.703. The van der Waals surface area contributed by atoms with Gasteiger partial charge in [0, 0.05) is 18.3 Å². The van der Waals surface area contributed by atoms with Crippen LogP contribution in [-0.2, 0) is 9.59 Å². The van der Waals surface area contributed by atoms with Crippen LogP contribution in [0.5, 0.6) is 0 Å². The number of likely N-dealkylation sites (tertiary alicyclic amines) is 1. The largest absolute Gasteiger partial charge is 0.480 e. The number of carbonyl (C=O) groups is 2. The van der Waals surface area contributed by atoms with Crippen molar-refractivity contribution in [2.45, 2.75) is 19.4 Å². The summed E-state index contributed by atoms with van der Waals surface area (Å²) in [7, 11) is 0. The van der Waals surface area contributed by atoms with Gasteiger partial charge < -0.3 is 10.0 Å². The van der Waals surface area contributed by atoms with Crippen LogP contribution in [0.2, 0.25) is 0 Å². The Hall–Kier alpha value is -0.580. The number of halogens is 1. The first kappa shape index (κ1) is 10.5. The van der Waals surface area contributed by atoms with Gasteiger partial charge in [0.1, 0.15) is 6.04 Å². The molecule has 1 N–H and O–H groups in total. The highest BCUT2D eigenvalue weighted by Crippen LogP contribution is 2.21. The standard InChI is InChI=1S/C8H12BrNO3/c1-5(8(12)13)10-4-6(3-9)2-7(10)11/h5-6H,2-4H2,1H3,(H,12,13)/t5-,6?/m0/s1. The quantitative estimate of drug-likeness (QED) is 0.750. The van der Waals surface area contributed by atoms with Gasteiger partial charge in [0.25, 0.3) is 0 Å². The third kappa shape index (κ3) is 2.21. The van der Waals surface area contributed by atoms with Crippen LogP contribution in [0.1, 0.15) is 13.3 Å². The van der Waals surface area contributed by atoms with Crippen molar-refractivity contribution in [1.29, 1.82) is 0 Å². The summed E-state index contributed by atoms with van der Waals surface area (Å²) in [5.41, 5.74) is 0. The topological polar surface area (TPSA) is 57.6 Å². The van der Waals surface area contributed by atoms with E-state index in [1.807, 2.05) is 0 Å². The Balaban J connectivity index is 2.62. The smallest absolute Gasteiger partial charge is 0.326 e. The molecule has 1 rings (SSSR count). The van der Waals surface area contributed by atoms with Crippen molar-refractivity contribution in [3.63, 3.8) is 0 Å². The first-order chi connectivity index (χ1) is 6.06. The molecule has 74 valence electrons. The maximum Gasteiger partial charge on any atom is 0.326 e. The van der Waals surface area contributed by atoms with Crippen LogP contribution in [0.15, 0.2) is 0 Å². The average Bonchev–Trinajstić information content (AvgIpc) is 2.45. The molecule has 0 aliphatic carbocycles. The zero-order chi connectivity index (χ0) is 10.0. The van der Waals surface area contributed by atoms with E-state index in [9.17, 15) is 9.59 Å². The minimum Gasteiger partial charge on any atom is -0.480 e. The molecule has 4 nitrogen and oxygen atoms in total. The first-order valence-electron chi connectivity index (χ1n) is 4.14. The lowest BCUT2D eigenvalue weighted by Gasteiger charge is -2.20. The van der Waals surface area contributed by atoms with Crippen molar-refractivity contribution in [1.82, 2.24) is 4.90 Å². The van der Waals surface area contributed by atoms with Crippen molar-refractivity contribution in [3.05, 3.63) is 0 Å². The lowest BCUT2D eigenvalue weighted by atomic mass is 10.2. The number of hydrogen-bond donors (Lipinski definition) is 1. The second kappa shape index (κ2) is 4.09. The molecule has 5 heteroatoms. The molecule has 1 aliphatic rings. The molecule has 0 spiro atoms. The summed E-state index contributed by atoms with van der Waals surface area (Å²) in [6.45, 7) is 2.09. The van der Waals surface area contributed by atoms with E-state index >= 15 is 0 Å². The Labute approximate surface area is 85.0 Å². The summed E-state index contributed by atoms with van der Waals surface area (Å²) in [6.07, 6.45) is 0.461. The summed E-state index contributed by atoms with van der Waals surface area (Å²) < 4.78 is 0. The molecule has 1 amide bonds. The van der Waals surface area contributed by atoms with Gasteiger partial charge in [-0.05, 0) is 12.8 Å². The van der Waals surface area contributed by atoms with Crippen molar-refractivity contribution >= 4 is 27.8 Å². The van der Waals surface area contributed by atoms with E-state index in [0.717, 1.165) is 5.33 Å². The molecule has 0 saturated carbocycles. The van der Waals surface area contributed by atoms with Gasteiger partial charge >= 0.3 is 5.97 Å². The molecule has 13 heavy (non-hydrogen) atoms. The van der Waals surface area contributed by atoms with E-state index < -0.39 is 12.0 Å². The Bertz CT molecular complexity index is 231. The lowest BCUT2D eigenvalue weighted by Crippen LogP contribution is -2.40. The fourth-order valence-electron chi connectivity index (χ4n) is 1.42. The summed E-state index contributed by atoms with van der Waals surface area (Å²) in [5, 5.41) is 9.47. The van der Waals surface area contributed by atoms with Crippen LogP contribution in [0.3, 0.4) is 0 Å². The van der Waals surface area contributed by atoms with Crippen LogP contribution in [-0.4, -0.2) is 39.8 Å². The Morgan fingerprint density at radius 1 is 1.85 bits per heavy atom. The van der Waals surface area contributed by atoms with Crippen molar-refractivity contribution < 1.29 is 14.7 Å². The SMILES string of the molecule is C[C@@H](C(=O)O)N1CC(CBr)CC1=O. The molecular formula is C8H12BrNO3. The maximum absolute atomic E-state index is 11.3. The number of rotatable bonds is 3. The second-order valence-corrected chi connectivity index (χ2v) is 3.93. The third-order valence-corrected chi connectivity index (χ3v) is 3.20. The Morgan fingerprint density at radius 2 is 2.46 bits per heavy atom. The van der Waals surface area contributed by atoms with E-state index in [2.05, 4.69) is 15.9 Å². The van der Waals surface area contributed by atoms with Gasteiger partial charge in [-0.15, -0.1) is 0 Å². The fraction of sp³-hybridized carbons (Fsp3) is 0.750. The summed E-state index contributed by atoms with van der Waals surface area (Å²) in [5.74, 6) is -0.739. The van der Waals surface area contributed by atoms with E-state index in [4.69, 9.17) is 5.11 Å². The number of alkyl halides is 1. The summed E-state index contributed by atoms with van der Waals surface area (Å²) >= 11 is 3.29. The number of carboxylic acid groups (broad SMARTS) is 1. The molecule has 1 saturated heterocycles. The van der Waals surface area contributed by atoms with Gasteiger partial charge in [0.15, 0.2) is 0 Å². The first-order valence-corrected chi connectivity index (χ1v) is 5.26. The van der Waals surface area contributed by atoms with Gasteiger partial charge in [-0.3, -0.25) is 4.79 Å². The van der Waals surface area contributed by atoms with Gasteiger partial charge in [-0.1, -0.05) is 15.9 Å². The van der Waals surface area contributed by atoms with Gasteiger partial charge in [0.2, 0.25) is 5.91 Å². The molecule has 2 atom stereocenters. The highest BCUT2D eigenvalue weighted by atomic mass is 79.9. The fourth-order valence-corrected chi connectivity index (χ4v) is 1.85. The zero-order valence-corrected chi connectivity index (χ0v) is 8.95. The number of amides is 1. The van der Waals surface area contributed by atoms with Crippen molar-refractivity contribution in [2.24, 2.45) is 5.92 Å². The van der Waals surface area contributed by atoms with E-state index in [1.54, 1.807) is 0 Å². The van der Waals surface area contributed by atoms with Gasteiger partial charge in [-0.2, -0.15) is 0 Å². The molecule has 1 aliphatic heterocycles. The van der Waals surface area contributed by atoms with Crippen LogP contribution >= 0.6 is 15.9 Å². The van der Waals surface area contributed by atoms with Gasteiger partial charge in [-0.25, -0.2) is 4.79 Å². The normalized spacial score (nSPS) is 24.9. The average molecular weight is 250 g/mol. The molecular weight excluding hydrogens is 238 g/mol. The maximum atomic E-state index is 11.3. The number of hydrogen-bond acceptors (Lipinski definition) is 2. The highest BCUT2D eigenvalue weighted by Gasteiger charge is 2.34. The van der Waals surface area contributed by atoms with Crippen LogP contribution in [0, 0.1) is 5.92 Å². The third-order valence-electron chi connectivity index (χ3n) is 2.28. The highest BCUT2D eigenvalue weighted by molar-refractivity contribution is 9.09. The monoisotopic (exact) mass is 249 g/mol. The van der Waals surface area contributed by atoms with Gasteiger partial charge in [0.05, 0.1) is 0 Å². The van der Waals surface area contributed by atoms with Crippen molar-refractivity contribution in [2.75, 3.05) is 11.9 Å². The second-order valence-electron chi connectivity index (χ2n) is 3.28. The van der Waals surface area contributed by atoms with E-state index in [-0.39, 0.29) is 11.8 Å². The number of nitrogens with zero attached hydrogens (tertiary/aromatic N) is 1. The Morgan fingerprint density at radius 3 is 2.85 bits per heavy atom. The van der Waals surface area contributed by atoms with Crippen LogP contribution in [0.25, 0.3) is 0 Å². The molecule has 1 heterocycles. The lowest BCUT2D eigenvalue weighted by molar-refractivity contribution is -0.147. The van der Waals surface area contributed by atoms with E-state index in [1.165, 1.54) is 11.8 Å². The number of aliphatic carboxylic acids is 1. The number of carbonyl (C=O) groups excluding carboxylic acids is 1. The molecule has 1 fully saturated rings.